The van der Waals surface area contributed by atoms with E-state index in [4.69, 9.17) is 20.9 Å². The standard InChI is InChI=1S/C19H20N6O3S/c20-18-22-15(23-19(21)24-18)11-28-17(26)14-10-13(12-4-2-1-3-5-12)16(29-14)25-6-8-27-9-7-25/h1-5,10H,6-9,11H2,(H4,20,21,22,23,24). The van der Waals surface area contributed by atoms with Crippen LogP contribution in [-0.4, -0.2) is 47.2 Å². The summed E-state index contributed by atoms with van der Waals surface area (Å²) in [6.07, 6.45) is 0. The summed E-state index contributed by atoms with van der Waals surface area (Å²) in [6, 6.07) is 11.8. The first-order chi connectivity index (χ1) is 14.1. The van der Waals surface area contributed by atoms with Crippen LogP contribution < -0.4 is 16.4 Å². The normalized spacial score (nSPS) is 14.0. The average Bonchev–Trinajstić information content (AvgIpc) is 3.18. The van der Waals surface area contributed by atoms with Crippen LogP contribution in [0.2, 0.25) is 0 Å². The number of aromatic nitrogens is 3. The Morgan fingerprint density at radius 1 is 1.10 bits per heavy atom. The van der Waals surface area contributed by atoms with Gasteiger partial charge in [0.05, 0.1) is 18.2 Å². The summed E-state index contributed by atoms with van der Waals surface area (Å²) < 4.78 is 10.8. The number of carbonyl (C=O) groups is 1. The lowest BCUT2D eigenvalue weighted by atomic mass is 10.1. The molecule has 0 amide bonds. The molecule has 9 nitrogen and oxygen atoms in total. The number of morpholine rings is 1. The third kappa shape index (κ3) is 4.44. The smallest absolute Gasteiger partial charge is 0.348 e. The highest BCUT2D eigenvalue weighted by molar-refractivity contribution is 7.18. The molecule has 0 saturated carbocycles. The Balaban J connectivity index is 1.58. The van der Waals surface area contributed by atoms with Crippen LogP contribution in [0.3, 0.4) is 0 Å². The fraction of sp³-hybridized carbons (Fsp3) is 0.263. The molecule has 0 spiro atoms. The van der Waals surface area contributed by atoms with E-state index in [0.29, 0.717) is 18.1 Å². The first kappa shape index (κ1) is 19.1. The van der Waals surface area contributed by atoms with Crippen molar-refractivity contribution in [2.24, 2.45) is 0 Å². The number of hydrogen-bond acceptors (Lipinski definition) is 10. The molecule has 1 saturated heterocycles. The Kier molecular flexibility index (Phi) is 5.54. The van der Waals surface area contributed by atoms with Gasteiger partial charge < -0.3 is 25.8 Å². The topological polar surface area (TPSA) is 129 Å². The maximum atomic E-state index is 12.7. The molecule has 1 aliphatic heterocycles. The van der Waals surface area contributed by atoms with Crippen molar-refractivity contribution in [3.05, 3.63) is 47.1 Å². The van der Waals surface area contributed by atoms with Crippen LogP contribution in [0.4, 0.5) is 16.9 Å². The molecule has 29 heavy (non-hydrogen) atoms. The van der Waals surface area contributed by atoms with Crippen molar-refractivity contribution in [1.29, 1.82) is 0 Å². The van der Waals surface area contributed by atoms with Gasteiger partial charge in [-0.3, -0.25) is 0 Å². The van der Waals surface area contributed by atoms with Gasteiger partial charge in [-0.05, 0) is 11.6 Å². The Labute approximate surface area is 171 Å². The first-order valence-electron chi connectivity index (χ1n) is 9.05. The second-order valence-electron chi connectivity index (χ2n) is 6.34. The van der Waals surface area contributed by atoms with Crippen LogP contribution in [0, 0.1) is 0 Å². The molecule has 10 heteroatoms. The Morgan fingerprint density at radius 3 is 2.48 bits per heavy atom. The number of esters is 1. The van der Waals surface area contributed by atoms with Crippen LogP contribution in [0.15, 0.2) is 36.4 Å². The number of hydrogen-bond donors (Lipinski definition) is 2. The zero-order valence-electron chi connectivity index (χ0n) is 15.6. The van der Waals surface area contributed by atoms with Crippen LogP contribution >= 0.6 is 11.3 Å². The maximum Gasteiger partial charge on any atom is 0.348 e. The minimum absolute atomic E-state index is 0.0133. The van der Waals surface area contributed by atoms with Crippen LogP contribution in [-0.2, 0) is 16.1 Å². The van der Waals surface area contributed by atoms with Crippen molar-refractivity contribution < 1.29 is 14.3 Å². The molecule has 0 radical (unpaired) electrons. The predicted molar refractivity (Wildman–Crippen MR) is 111 cm³/mol. The summed E-state index contributed by atoms with van der Waals surface area (Å²) in [4.78, 5) is 27.0. The molecule has 3 heterocycles. The van der Waals surface area contributed by atoms with Crippen molar-refractivity contribution in [2.45, 2.75) is 6.61 Å². The molecule has 0 aliphatic carbocycles. The number of nitrogens with zero attached hydrogens (tertiary/aromatic N) is 4. The van der Waals surface area contributed by atoms with Crippen molar-refractivity contribution >= 4 is 34.2 Å². The zero-order valence-corrected chi connectivity index (χ0v) is 16.4. The van der Waals surface area contributed by atoms with Gasteiger partial charge in [-0.15, -0.1) is 11.3 Å². The van der Waals surface area contributed by atoms with Crippen molar-refractivity contribution in [3.63, 3.8) is 0 Å². The number of ether oxygens (including phenoxy) is 2. The molecular formula is C19H20N6O3S. The summed E-state index contributed by atoms with van der Waals surface area (Å²) in [5.74, 6) is -0.276. The van der Waals surface area contributed by atoms with Gasteiger partial charge in [0, 0.05) is 18.7 Å². The monoisotopic (exact) mass is 412 g/mol. The van der Waals surface area contributed by atoms with Crippen LogP contribution in [0.25, 0.3) is 11.1 Å². The predicted octanol–water partition coefficient (Wildman–Crippen LogP) is 1.96. The Hall–Kier alpha value is -3.24. The lowest BCUT2D eigenvalue weighted by Gasteiger charge is -2.28. The van der Waals surface area contributed by atoms with Crippen molar-refractivity contribution in [1.82, 2.24) is 15.0 Å². The number of nitrogens with two attached hydrogens (primary N) is 2. The number of rotatable bonds is 5. The fourth-order valence-electron chi connectivity index (χ4n) is 3.03. The van der Waals surface area contributed by atoms with Crippen molar-refractivity contribution in [2.75, 3.05) is 42.7 Å². The highest BCUT2D eigenvalue weighted by atomic mass is 32.1. The SMILES string of the molecule is Nc1nc(N)nc(COC(=O)c2cc(-c3ccccc3)c(N3CCOCC3)s2)n1. The summed E-state index contributed by atoms with van der Waals surface area (Å²) in [6.45, 7) is 2.74. The van der Waals surface area contributed by atoms with E-state index in [0.717, 1.165) is 29.2 Å². The van der Waals surface area contributed by atoms with E-state index in [2.05, 4.69) is 19.9 Å². The van der Waals surface area contributed by atoms with Crippen LogP contribution in [0.1, 0.15) is 15.5 Å². The highest BCUT2D eigenvalue weighted by Crippen LogP contribution is 2.39. The van der Waals surface area contributed by atoms with Gasteiger partial charge in [0.1, 0.15) is 4.88 Å². The van der Waals surface area contributed by atoms with E-state index >= 15 is 0 Å². The lowest BCUT2D eigenvalue weighted by Crippen LogP contribution is -2.35. The molecule has 0 unspecified atom stereocenters. The third-order valence-corrected chi connectivity index (χ3v) is 5.52. The van der Waals surface area contributed by atoms with Gasteiger partial charge in [0.2, 0.25) is 11.9 Å². The van der Waals surface area contributed by atoms with E-state index in [1.54, 1.807) is 0 Å². The first-order valence-corrected chi connectivity index (χ1v) is 9.87. The second-order valence-corrected chi connectivity index (χ2v) is 7.37. The zero-order chi connectivity index (χ0) is 20.2. The summed E-state index contributed by atoms with van der Waals surface area (Å²) in [7, 11) is 0. The number of nitrogen functional groups attached to an aromatic ring is 2. The lowest BCUT2D eigenvalue weighted by molar-refractivity contribution is 0.0468. The summed E-state index contributed by atoms with van der Waals surface area (Å²) >= 11 is 1.40. The minimum Gasteiger partial charge on any atom is -0.453 e. The number of thiophene rings is 1. The molecule has 0 bridgehead atoms. The van der Waals surface area contributed by atoms with Gasteiger partial charge >= 0.3 is 5.97 Å². The summed E-state index contributed by atoms with van der Waals surface area (Å²) in [5.41, 5.74) is 13.1. The molecule has 1 aromatic carbocycles. The van der Waals surface area contributed by atoms with Crippen molar-refractivity contribution in [3.8, 4) is 11.1 Å². The van der Waals surface area contributed by atoms with Gasteiger partial charge in [0.15, 0.2) is 12.4 Å². The molecule has 1 aliphatic rings. The molecule has 150 valence electrons. The Morgan fingerprint density at radius 2 is 1.79 bits per heavy atom. The molecule has 4 N–H and O–H groups in total. The third-order valence-electron chi connectivity index (χ3n) is 4.35. The highest BCUT2D eigenvalue weighted by Gasteiger charge is 2.22. The molecular weight excluding hydrogens is 392 g/mol. The van der Waals surface area contributed by atoms with E-state index < -0.39 is 5.97 Å². The maximum absolute atomic E-state index is 12.7. The summed E-state index contributed by atoms with van der Waals surface area (Å²) in [5, 5.41) is 1.03. The van der Waals surface area contributed by atoms with Gasteiger partial charge in [0.25, 0.3) is 0 Å². The second kappa shape index (κ2) is 8.41. The van der Waals surface area contributed by atoms with E-state index in [9.17, 15) is 4.79 Å². The minimum atomic E-state index is -0.454. The molecule has 1 fully saturated rings. The largest absolute Gasteiger partial charge is 0.453 e. The molecule has 4 rings (SSSR count). The van der Waals surface area contributed by atoms with Gasteiger partial charge in [-0.25, -0.2) is 4.79 Å². The number of carbonyl (C=O) groups excluding carboxylic acids is 1. The number of anilines is 3. The quantitative estimate of drug-likeness (QED) is 0.604. The van der Waals surface area contributed by atoms with E-state index in [1.165, 1.54) is 11.3 Å². The average molecular weight is 412 g/mol. The van der Waals surface area contributed by atoms with Gasteiger partial charge in [-0.1, -0.05) is 30.3 Å². The van der Waals surface area contributed by atoms with Gasteiger partial charge in [-0.2, -0.15) is 15.0 Å². The number of benzene rings is 1. The van der Waals surface area contributed by atoms with Crippen LogP contribution in [0.5, 0.6) is 0 Å². The Bertz CT molecular complexity index is 984. The van der Waals surface area contributed by atoms with E-state index in [-0.39, 0.29) is 24.3 Å². The molecule has 3 aromatic rings. The molecule has 0 atom stereocenters. The molecule has 2 aromatic heterocycles. The van der Waals surface area contributed by atoms with E-state index in [1.807, 2.05) is 36.4 Å². The fourth-order valence-corrected chi connectivity index (χ4v) is 4.16.